The summed E-state index contributed by atoms with van der Waals surface area (Å²) in [6.07, 6.45) is 1.91. The van der Waals surface area contributed by atoms with Crippen LogP contribution >= 0.6 is 11.3 Å². The number of carbonyl (C=O) groups is 1. The molecule has 2 aromatic carbocycles. The van der Waals surface area contributed by atoms with Crippen molar-refractivity contribution < 1.29 is 9.53 Å². The molecule has 5 rings (SSSR count). The molecule has 0 bridgehead atoms. The summed E-state index contributed by atoms with van der Waals surface area (Å²) < 4.78 is 9.75. The fraction of sp³-hybridized carbons (Fsp3) is 0.207. The number of amides is 1. The van der Waals surface area contributed by atoms with Crippen LogP contribution in [0.4, 0.5) is 5.69 Å². The van der Waals surface area contributed by atoms with Crippen LogP contribution in [0.5, 0.6) is 5.75 Å². The lowest BCUT2D eigenvalue weighted by Gasteiger charge is -2.25. The molecule has 0 unspecified atom stereocenters. The van der Waals surface area contributed by atoms with Crippen LogP contribution in [0.1, 0.15) is 35.5 Å². The minimum Gasteiger partial charge on any atom is -0.497 e. The normalized spacial score (nSPS) is 15.4. The summed E-state index contributed by atoms with van der Waals surface area (Å²) in [5.74, 6) is 0.344. The molecule has 1 aliphatic rings. The van der Waals surface area contributed by atoms with Gasteiger partial charge in [-0.2, -0.15) is 0 Å². The van der Waals surface area contributed by atoms with Gasteiger partial charge in [0.2, 0.25) is 0 Å². The van der Waals surface area contributed by atoms with Gasteiger partial charge in [0, 0.05) is 24.1 Å². The van der Waals surface area contributed by atoms with E-state index < -0.39 is 6.04 Å². The average Bonchev–Trinajstić information content (AvgIpc) is 3.33. The monoisotopic (exact) mass is 512 g/mol. The first-order chi connectivity index (χ1) is 17.8. The maximum Gasteiger partial charge on any atom is 0.271 e. The number of allylic oxidation sites excluding steroid dienone is 1. The molecule has 0 saturated carbocycles. The second kappa shape index (κ2) is 9.71. The fourth-order valence-electron chi connectivity index (χ4n) is 4.63. The summed E-state index contributed by atoms with van der Waals surface area (Å²) in [6, 6.07) is 18.1. The van der Waals surface area contributed by atoms with E-state index >= 15 is 0 Å². The number of rotatable bonds is 5. The topological polar surface area (TPSA) is 77.6 Å². The van der Waals surface area contributed by atoms with E-state index in [9.17, 15) is 9.59 Å². The first-order valence-electron chi connectivity index (χ1n) is 11.9. The molecule has 0 fully saturated rings. The van der Waals surface area contributed by atoms with Crippen molar-refractivity contribution in [2.24, 2.45) is 12.0 Å². The van der Waals surface area contributed by atoms with Crippen LogP contribution in [0.3, 0.4) is 0 Å². The Morgan fingerprint density at radius 1 is 1.08 bits per heavy atom. The van der Waals surface area contributed by atoms with Crippen molar-refractivity contribution in [3.8, 4) is 5.75 Å². The van der Waals surface area contributed by atoms with Crippen LogP contribution in [0.15, 0.2) is 81.7 Å². The summed E-state index contributed by atoms with van der Waals surface area (Å²) >= 11 is 1.33. The van der Waals surface area contributed by atoms with E-state index in [0.717, 1.165) is 22.5 Å². The number of carbonyl (C=O) groups excluding carboxylic acids is 1. The third-order valence-corrected chi connectivity index (χ3v) is 7.79. The minimum atomic E-state index is -0.657. The van der Waals surface area contributed by atoms with Crippen LogP contribution in [0.2, 0.25) is 0 Å². The molecule has 1 aliphatic heterocycles. The second-order valence-corrected chi connectivity index (χ2v) is 10.1. The SMILES string of the molecule is COc1cccc([C@H]2C(C(=O)Nc3ccccc3)=C(C)N=c3s/c(=C/c4cc(C)n(C)c4C)c(=O)n32)c1. The first-order valence-corrected chi connectivity index (χ1v) is 12.8. The summed E-state index contributed by atoms with van der Waals surface area (Å²) in [6.45, 7) is 5.88. The number of nitrogens with zero attached hydrogens (tertiary/aromatic N) is 3. The molecule has 4 aromatic rings. The lowest BCUT2D eigenvalue weighted by atomic mass is 9.95. The Kier molecular flexibility index (Phi) is 6.43. The largest absolute Gasteiger partial charge is 0.497 e. The number of ether oxygens (including phenoxy) is 1. The molecule has 37 heavy (non-hydrogen) atoms. The van der Waals surface area contributed by atoms with Gasteiger partial charge in [-0.15, -0.1) is 0 Å². The van der Waals surface area contributed by atoms with Crippen LogP contribution in [-0.2, 0) is 11.8 Å². The molecule has 0 radical (unpaired) electrons. The second-order valence-electron chi connectivity index (χ2n) is 9.06. The molecule has 3 heterocycles. The molecule has 1 N–H and O–H groups in total. The number of benzene rings is 2. The van der Waals surface area contributed by atoms with Crippen LogP contribution in [-0.4, -0.2) is 22.2 Å². The van der Waals surface area contributed by atoms with Crippen molar-refractivity contribution in [1.82, 2.24) is 9.13 Å². The zero-order chi connectivity index (χ0) is 26.3. The number of aromatic nitrogens is 2. The van der Waals surface area contributed by atoms with E-state index in [0.29, 0.717) is 32.0 Å². The molecule has 0 saturated heterocycles. The number of para-hydroxylation sites is 1. The van der Waals surface area contributed by atoms with Gasteiger partial charge in [-0.1, -0.05) is 41.7 Å². The summed E-state index contributed by atoms with van der Waals surface area (Å²) in [5, 5.41) is 2.97. The van der Waals surface area contributed by atoms with Gasteiger partial charge in [0.05, 0.1) is 29.0 Å². The molecule has 0 spiro atoms. The van der Waals surface area contributed by atoms with Gasteiger partial charge in [-0.05, 0) is 68.3 Å². The lowest BCUT2D eigenvalue weighted by Crippen LogP contribution is -2.40. The molecule has 188 valence electrons. The van der Waals surface area contributed by atoms with E-state index in [-0.39, 0.29) is 11.5 Å². The van der Waals surface area contributed by atoms with Crippen LogP contribution < -0.4 is 24.9 Å². The van der Waals surface area contributed by atoms with Crippen molar-refractivity contribution >= 4 is 29.0 Å². The summed E-state index contributed by atoms with van der Waals surface area (Å²) in [4.78, 5) is 32.8. The molecule has 2 aromatic heterocycles. The average molecular weight is 513 g/mol. The first kappa shape index (κ1) is 24.5. The number of fused-ring (bicyclic) bond motifs is 1. The van der Waals surface area contributed by atoms with E-state index in [1.54, 1.807) is 11.7 Å². The zero-order valence-electron chi connectivity index (χ0n) is 21.4. The van der Waals surface area contributed by atoms with E-state index in [2.05, 4.69) is 16.0 Å². The third-order valence-electron chi connectivity index (χ3n) is 6.81. The van der Waals surface area contributed by atoms with Crippen LogP contribution in [0, 0.1) is 13.8 Å². The number of methoxy groups -OCH3 is 1. The Hall–Kier alpha value is -4.17. The fourth-order valence-corrected chi connectivity index (χ4v) is 5.67. The number of aryl methyl sites for hydroxylation is 1. The highest BCUT2D eigenvalue weighted by atomic mass is 32.1. The maximum atomic E-state index is 13.9. The standard InChI is InChI=1S/C29H28N4O3S/c1-17-14-21(19(3)32(17)4)16-24-28(35)33-26(20-10-9-13-23(15-20)36-5)25(18(2)30-29(33)37-24)27(34)31-22-11-7-6-8-12-22/h6-16,26H,1-5H3,(H,31,34)/b24-16+/t26-/m0/s1. The number of hydrogen-bond donors (Lipinski definition) is 1. The van der Waals surface area contributed by atoms with Crippen molar-refractivity contribution in [2.45, 2.75) is 26.8 Å². The van der Waals surface area contributed by atoms with E-state index in [1.165, 1.54) is 11.3 Å². The Balaban J connectivity index is 1.70. The number of hydrogen-bond acceptors (Lipinski definition) is 5. The molecule has 8 heteroatoms. The minimum absolute atomic E-state index is 0.185. The van der Waals surface area contributed by atoms with Crippen molar-refractivity contribution in [3.05, 3.63) is 114 Å². The number of nitrogens with one attached hydrogen (secondary N) is 1. The smallest absolute Gasteiger partial charge is 0.271 e. The Bertz CT molecular complexity index is 1720. The van der Waals surface area contributed by atoms with Crippen molar-refractivity contribution in [1.29, 1.82) is 0 Å². The zero-order valence-corrected chi connectivity index (χ0v) is 22.2. The highest BCUT2D eigenvalue weighted by Gasteiger charge is 2.32. The van der Waals surface area contributed by atoms with Gasteiger partial charge >= 0.3 is 0 Å². The molecular weight excluding hydrogens is 484 g/mol. The van der Waals surface area contributed by atoms with Gasteiger partial charge in [0.25, 0.3) is 11.5 Å². The Morgan fingerprint density at radius 2 is 1.84 bits per heavy atom. The molecule has 1 atom stereocenters. The highest BCUT2D eigenvalue weighted by Crippen LogP contribution is 2.32. The third kappa shape index (κ3) is 4.44. The predicted octanol–water partition coefficient (Wildman–Crippen LogP) is 3.84. The Labute approximate surface area is 218 Å². The van der Waals surface area contributed by atoms with Crippen molar-refractivity contribution in [3.63, 3.8) is 0 Å². The molecule has 0 aliphatic carbocycles. The molecule has 1 amide bonds. The quantitative estimate of drug-likeness (QED) is 0.442. The predicted molar refractivity (Wildman–Crippen MR) is 147 cm³/mol. The number of anilines is 1. The van der Waals surface area contributed by atoms with E-state index in [1.807, 2.05) is 88.5 Å². The summed E-state index contributed by atoms with van der Waals surface area (Å²) in [5.41, 5.74) is 5.42. The Morgan fingerprint density at radius 3 is 2.51 bits per heavy atom. The summed E-state index contributed by atoms with van der Waals surface area (Å²) in [7, 11) is 3.60. The van der Waals surface area contributed by atoms with Crippen molar-refractivity contribution in [2.75, 3.05) is 12.4 Å². The molecule has 7 nitrogen and oxygen atoms in total. The van der Waals surface area contributed by atoms with Crippen LogP contribution in [0.25, 0.3) is 6.08 Å². The van der Waals surface area contributed by atoms with Gasteiger partial charge in [0.1, 0.15) is 5.75 Å². The van der Waals surface area contributed by atoms with Gasteiger partial charge in [-0.3, -0.25) is 14.2 Å². The highest BCUT2D eigenvalue weighted by molar-refractivity contribution is 7.07. The lowest BCUT2D eigenvalue weighted by molar-refractivity contribution is -0.113. The number of thiazole rings is 1. The van der Waals surface area contributed by atoms with Gasteiger partial charge < -0.3 is 14.6 Å². The van der Waals surface area contributed by atoms with Gasteiger partial charge in [0.15, 0.2) is 4.80 Å². The van der Waals surface area contributed by atoms with E-state index in [4.69, 9.17) is 9.73 Å². The van der Waals surface area contributed by atoms with Gasteiger partial charge in [-0.25, -0.2) is 4.99 Å². The maximum absolute atomic E-state index is 13.9. The molecular formula is C29H28N4O3S.